The molecule has 0 radical (unpaired) electrons. The first-order chi connectivity index (χ1) is 14.1. The van der Waals surface area contributed by atoms with Crippen LogP contribution in [0, 0.1) is 0 Å². The van der Waals surface area contributed by atoms with Gasteiger partial charge in [-0.2, -0.15) is 5.10 Å². The van der Waals surface area contributed by atoms with Crippen LogP contribution in [0.2, 0.25) is 0 Å². The highest BCUT2D eigenvalue weighted by molar-refractivity contribution is 6.05. The normalized spacial score (nSPS) is 10.5. The predicted molar refractivity (Wildman–Crippen MR) is 105 cm³/mol. The van der Waals surface area contributed by atoms with Crippen LogP contribution >= 0.6 is 0 Å². The van der Waals surface area contributed by atoms with E-state index in [0.717, 1.165) is 5.56 Å². The van der Waals surface area contributed by atoms with Gasteiger partial charge in [-0.1, -0.05) is 12.1 Å². The summed E-state index contributed by atoms with van der Waals surface area (Å²) in [6.07, 6.45) is 6.22. The summed E-state index contributed by atoms with van der Waals surface area (Å²) in [5.74, 6) is -0.698. The molecule has 9 nitrogen and oxygen atoms in total. The third-order valence-corrected chi connectivity index (χ3v) is 3.96. The molecule has 0 atom stereocenters. The predicted octanol–water partition coefficient (Wildman–Crippen LogP) is 1.65. The molecule has 3 rings (SSSR count). The van der Waals surface area contributed by atoms with E-state index in [1.807, 2.05) is 6.07 Å². The lowest BCUT2D eigenvalue weighted by Crippen LogP contribution is -2.24. The summed E-state index contributed by atoms with van der Waals surface area (Å²) in [4.78, 5) is 32.1. The van der Waals surface area contributed by atoms with Crippen molar-refractivity contribution in [2.45, 2.75) is 13.0 Å². The molecule has 0 aliphatic rings. The lowest BCUT2D eigenvalue weighted by Gasteiger charge is -2.07. The number of halogens is 1. The van der Waals surface area contributed by atoms with E-state index in [2.05, 4.69) is 25.7 Å². The SMILES string of the molecule is Nc1nccnc1C(=O)Nc1cnn(Cc2cccc(C(=O)NCCCF)c2)c1. The van der Waals surface area contributed by atoms with E-state index in [0.29, 0.717) is 17.8 Å². The van der Waals surface area contributed by atoms with Gasteiger partial charge < -0.3 is 16.4 Å². The molecule has 2 aromatic heterocycles. The molecule has 0 spiro atoms. The first-order valence-corrected chi connectivity index (χ1v) is 8.90. The Labute approximate surface area is 166 Å². The minimum Gasteiger partial charge on any atom is -0.382 e. The number of nitrogen functional groups attached to an aromatic ring is 1. The molecular weight excluding hydrogens is 377 g/mol. The maximum absolute atomic E-state index is 12.2. The van der Waals surface area contributed by atoms with Crippen LogP contribution in [0.4, 0.5) is 15.9 Å². The van der Waals surface area contributed by atoms with E-state index in [-0.39, 0.29) is 30.4 Å². The zero-order valence-electron chi connectivity index (χ0n) is 15.5. The fraction of sp³-hybridized carbons (Fsp3) is 0.211. The third-order valence-electron chi connectivity index (χ3n) is 3.96. The number of alkyl halides is 1. The molecule has 0 saturated heterocycles. The zero-order chi connectivity index (χ0) is 20.6. The molecule has 1 aromatic carbocycles. The number of nitrogens with zero attached hydrogens (tertiary/aromatic N) is 4. The van der Waals surface area contributed by atoms with Gasteiger partial charge in [-0.15, -0.1) is 0 Å². The van der Waals surface area contributed by atoms with Gasteiger partial charge >= 0.3 is 0 Å². The molecule has 2 amide bonds. The number of amides is 2. The van der Waals surface area contributed by atoms with Gasteiger partial charge in [0.05, 0.1) is 25.1 Å². The van der Waals surface area contributed by atoms with Crippen LogP contribution in [0.25, 0.3) is 0 Å². The van der Waals surface area contributed by atoms with E-state index in [1.54, 1.807) is 29.1 Å². The number of benzene rings is 1. The molecule has 0 aliphatic heterocycles. The summed E-state index contributed by atoms with van der Waals surface area (Å²) in [6, 6.07) is 7.06. The lowest BCUT2D eigenvalue weighted by molar-refractivity contribution is 0.0951. The summed E-state index contributed by atoms with van der Waals surface area (Å²) in [6.45, 7) is 0.217. The Bertz CT molecular complexity index is 1010. The number of carbonyl (C=O) groups is 2. The highest BCUT2D eigenvalue weighted by atomic mass is 19.1. The highest BCUT2D eigenvalue weighted by Crippen LogP contribution is 2.12. The van der Waals surface area contributed by atoms with Crippen LogP contribution in [0.1, 0.15) is 32.8 Å². The number of aromatic nitrogens is 4. The van der Waals surface area contributed by atoms with Crippen LogP contribution in [-0.2, 0) is 6.54 Å². The molecule has 3 aromatic rings. The standard InChI is InChI=1S/C19H20FN7O2/c20-5-2-6-24-18(28)14-4-1-3-13(9-14)11-27-12-15(10-25-27)26-19(29)16-17(21)23-8-7-22-16/h1,3-4,7-10,12H,2,5-6,11H2,(H2,21,23)(H,24,28)(H,26,29). The Morgan fingerprint density at radius 3 is 2.79 bits per heavy atom. The molecule has 0 aliphatic carbocycles. The molecule has 150 valence electrons. The fourth-order valence-electron chi connectivity index (χ4n) is 2.60. The van der Waals surface area contributed by atoms with Crippen LogP contribution in [-0.4, -0.2) is 44.8 Å². The van der Waals surface area contributed by atoms with Crippen LogP contribution < -0.4 is 16.4 Å². The number of hydrogen-bond acceptors (Lipinski definition) is 6. The Kier molecular flexibility index (Phi) is 6.46. The van der Waals surface area contributed by atoms with E-state index in [4.69, 9.17) is 5.73 Å². The average molecular weight is 397 g/mol. The number of carbonyl (C=O) groups excluding carboxylic acids is 2. The largest absolute Gasteiger partial charge is 0.382 e. The molecule has 0 bridgehead atoms. The van der Waals surface area contributed by atoms with Gasteiger partial charge in [0.15, 0.2) is 11.5 Å². The van der Waals surface area contributed by atoms with Crippen molar-refractivity contribution >= 4 is 23.3 Å². The Morgan fingerprint density at radius 1 is 1.17 bits per heavy atom. The van der Waals surface area contributed by atoms with E-state index < -0.39 is 12.6 Å². The van der Waals surface area contributed by atoms with Gasteiger partial charge in [0.2, 0.25) is 0 Å². The first kappa shape index (κ1) is 19.9. The van der Waals surface area contributed by atoms with Crippen LogP contribution in [0.5, 0.6) is 0 Å². The second-order valence-corrected chi connectivity index (χ2v) is 6.17. The number of nitrogens with one attached hydrogen (secondary N) is 2. The smallest absolute Gasteiger partial charge is 0.278 e. The van der Waals surface area contributed by atoms with E-state index in [1.165, 1.54) is 18.6 Å². The van der Waals surface area contributed by atoms with E-state index in [9.17, 15) is 14.0 Å². The minimum atomic E-state index is -0.484. The number of anilines is 2. The molecule has 29 heavy (non-hydrogen) atoms. The van der Waals surface area contributed by atoms with Crippen LogP contribution in [0.15, 0.2) is 49.1 Å². The van der Waals surface area contributed by atoms with Gasteiger partial charge in [0.1, 0.15) is 0 Å². The zero-order valence-corrected chi connectivity index (χ0v) is 15.5. The topological polar surface area (TPSA) is 128 Å². The van der Waals surface area contributed by atoms with Crippen LogP contribution in [0.3, 0.4) is 0 Å². The number of rotatable bonds is 8. The molecule has 0 unspecified atom stereocenters. The minimum absolute atomic E-state index is 0.0340. The van der Waals surface area contributed by atoms with Crippen molar-refractivity contribution in [1.29, 1.82) is 0 Å². The lowest BCUT2D eigenvalue weighted by atomic mass is 10.1. The second kappa shape index (κ2) is 9.40. The summed E-state index contributed by atoms with van der Waals surface area (Å²) < 4.78 is 13.8. The van der Waals surface area contributed by atoms with Gasteiger partial charge in [0, 0.05) is 30.7 Å². The maximum atomic E-state index is 12.2. The molecule has 0 fully saturated rings. The van der Waals surface area contributed by atoms with Crippen molar-refractivity contribution in [3.63, 3.8) is 0 Å². The number of nitrogens with two attached hydrogens (primary N) is 1. The quantitative estimate of drug-likeness (QED) is 0.496. The molecular formula is C19H20FN7O2. The van der Waals surface area contributed by atoms with Crippen molar-refractivity contribution in [3.05, 3.63) is 65.9 Å². The first-order valence-electron chi connectivity index (χ1n) is 8.90. The molecule has 4 N–H and O–H groups in total. The summed E-state index contributed by atoms with van der Waals surface area (Å²) in [7, 11) is 0. The summed E-state index contributed by atoms with van der Waals surface area (Å²) in [5, 5.41) is 9.54. The molecule has 0 saturated carbocycles. The van der Waals surface area contributed by atoms with Crippen molar-refractivity contribution in [2.24, 2.45) is 0 Å². The maximum Gasteiger partial charge on any atom is 0.278 e. The molecule has 10 heteroatoms. The summed E-state index contributed by atoms with van der Waals surface area (Å²) >= 11 is 0. The van der Waals surface area contributed by atoms with Gasteiger partial charge in [0.25, 0.3) is 11.8 Å². The van der Waals surface area contributed by atoms with Gasteiger partial charge in [-0.05, 0) is 24.1 Å². The van der Waals surface area contributed by atoms with E-state index >= 15 is 0 Å². The third kappa shape index (κ3) is 5.34. The number of hydrogen-bond donors (Lipinski definition) is 3. The van der Waals surface area contributed by atoms with Gasteiger partial charge in [-0.25, -0.2) is 9.97 Å². The van der Waals surface area contributed by atoms with Crippen molar-refractivity contribution in [3.8, 4) is 0 Å². The monoisotopic (exact) mass is 397 g/mol. The van der Waals surface area contributed by atoms with Crippen molar-refractivity contribution < 1.29 is 14.0 Å². The van der Waals surface area contributed by atoms with Gasteiger partial charge in [-0.3, -0.25) is 18.7 Å². The van der Waals surface area contributed by atoms with Crippen molar-refractivity contribution in [1.82, 2.24) is 25.1 Å². The second-order valence-electron chi connectivity index (χ2n) is 6.17. The molecule has 2 heterocycles. The fourth-order valence-corrected chi connectivity index (χ4v) is 2.60. The Morgan fingerprint density at radius 2 is 2.00 bits per heavy atom. The Hall–Kier alpha value is -3.82. The summed E-state index contributed by atoms with van der Waals surface area (Å²) in [5.41, 5.74) is 7.49. The highest BCUT2D eigenvalue weighted by Gasteiger charge is 2.13. The van der Waals surface area contributed by atoms with Crippen molar-refractivity contribution in [2.75, 3.05) is 24.3 Å². The average Bonchev–Trinajstić information content (AvgIpc) is 3.15. The Balaban J connectivity index is 1.63.